The lowest BCUT2D eigenvalue weighted by atomic mass is 10.0. The zero-order chi connectivity index (χ0) is 13.6. The molecule has 3 rings (SSSR count). The summed E-state index contributed by atoms with van der Waals surface area (Å²) in [6.45, 7) is 2.09. The van der Waals surface area contributed by atoms with Gasteiger partial charge in [-0.3, -0.25) is 0 Å². The van der Waals surface area contributed by atoms with Gasteiger partial charge in [-0.2, -0.15) is 0 Å². The van der Waals surface area contributed by atoms with Gasteiger partial charge in [-0.15, -0.1) is 11.3 Å². The molecule has 1 atom stereocenters. The Morgan fingerprint density at radius 3 is 2.68 bits per heavy atom. The number of benzene rings is 1. The Morgan fingerprint density at radius 2 is 1.95 bits per heavy atom. The maximum atomic E-state index is 6.46. The Balaban J connectivity index is 1.99. The van der Waals surface area contributed by atoms with Crippen molar-refractivity contribution in [2.24, 2.45) is 5.73 Å². The maximum absolute atomic E-state index is 6.46. The average Bonchev–Trinajstić information content (AvgIpc) is 2.93. The molecule has 2 aromatic rings. The van der Waals surface area contributed by atoms with E-state index in [0.29, 0.717) is 0 Å². The van der Waals surface area contributed by atoms with Gasteiger partial charge >= 0.3 is 0 Å². The van der Waals surface area contributed by atoms with Crippen molar-refractivity contribution in [2.45, 2.75) is 32.2 Å². The zero-order valence-corrected chi connectivity index (χ0v) is 14.7. The zero-order valence-electron chi connectivity index (χ0n) is 10.7. The van der Waals surface area contributed by atoms with Crippen LogP contribution in [0, 0.1) is 6.92 Å². The van der Waals surface area contributed by atoms with Crippen molar-refractivity contribution in [1.82, 2.24) is 0 Å². The van der Waals surface area contributed by atoms with Crippen LogP contribution in [0.1, 0.15) is 38.9 Å². The van der Waals surface area contributed by atoms with E-state index in [0.717, 1.165) is 14.5 Å². The second-order valence-electron chi connectivity index (χ2n) is 5.05. The average molecular weight is 401 g/mol. The molecule has 0 radical (unpaired) electrons. The van der Waals surface area contributed by atoms with E-state index in [9.17, 15) is 0 Å². The fourth-order valence-electron chi connectivity index (χ4n) is 2.56. The van der Waals surface area contributed by atoms with Crippen LogP contribution < -0.4 is 5.73 Å². The van der Waals surface area contributed by atoms with E-state index >= 15 is 0 Å². The summed E-state index contributed by atoms with van der Waals surface area (Å²) in [4.78, 5) is 2.81. The van der Waals surface area contributed by atoms with Gasteiger partial charge in [0.2, 0.25) is 0 Å². The molecule has 1 nitrogen and oxygen atoms in total. The Bertz CT molecular complexity index is 612. The molecule has 0 saturated heterocycles. The summed E-state index contributed by atoms with van der Waals surface area (Å²) in [6.07, 6.45) is 3.75. The van der Waals surface area contributed by atoms with Gasteiger partial charge in [0.15, 0.2) is 0 Å². The van der Waals surface area contributed by atoms with Crippen LogP contribution in [0.2, 0.25) is 0 Å². The lowest BCUT2D eigenvalue weighted by Crippen LogP contribution is -2.11. The molecular formula is C15H15Br2NS. The van der Waals surface area contributed by atoms with Crippen molar-refractivity contribution in [1.29, 1.82) is 0 Å². The van der Waals surface area contributed by atoms with Gasteiger partial charge in [-0.25, -0.2) is 0 Å². The van der Waals surface area contributed by atoms with Crippen molar-refractivity contribution in [2.75, 3.05) is 0 Å². The monoisotopic (exact) mass is 399 g/mol. The fourth-order valence-corrected chi connectivity index (χ4v) is 4.90. The molecule has 1 aromatic heterocycles. The fraction of sp³-hybridized carbons (Fsp3) is 0.333. The molecule has 19 heavy (non-hydrogen) atoms. The van der Waals surface area contributed by atoms with Crippen molar-refractivity contribution in [3.05, 3.63) is 53.6 Å². The molecule has 4 heteroatoms. The molecule has 0 amide bonds. The molecular weight excluding hydrogens is 386 g/mol. The number of hydrogen-bond acceptors (Lipinski definition) is 2. The number of thiophene rings is 1. The van der Waals surface area contributed by atoms with E-state index in [1.54, 1.807) is 0 Å². The molecule has 0 fully saturated rings. The number of halogens is 2. The summed E-state index contributed by atoms with van der Waals surface area (Å²) >= 11 is 9.11. The minimum absolute atomic E-state index is 0.0399. The van der Waals surface area contributed by atoms with Crippen molar-refractivity contribution >= 4 is 43.2 Å². The van der Waals surface area contributed by atoms with E-state index in [1.165, 1.54) is 40.1 Å². The standard InChI is InChI=1S/C15H15Br2NS/c1-8-5-12(17)10(7-11(8)16)15(18)14-6-9-3-2-4-13(9)19-14/h5-7,15H,2-4,18H2,1H3. The van der Waals surface area contributed by atoms with E-state index in [4.69, 9.17) is 5.73 Å². The molecule has 0 bridgehead atoms. The summed E-state index contributed by atoms with van der Waals surface area (Å²) in [6, 6.07) is 6.52. The third-order valence-electron chi connectivity index (χ3n) is 3.69. The van der Waals surface area contributed by atoms with E-state index in [2.05, 4.69) is 57.0 Å². The SMILES string of the molecule is Cc1cc(Br)c(C(N)c2cc3c(s2)CCC3)cc1Br. The first kappa shape index (κ1) is 13.8. The van der Waals surface area contributed by atoms with Crippen LogP contribution in [0.3, 0.4) is 0 Å². The second kappa shape index (κ2) is 5.32. The Morgan fingerprint density at radius 1 is 1.16 bits per heavy atom. The highest BCUT2D eigenvalue weighted by atomic mass is 79.9. The van der Waals surface area contributed by atoms with Gasteiger partial charge in [0.05, 0.1) is 6.04 Å². The van der Waals surface area contributed by atoms with Gasteiger partial charge in [-0.05, 0) is 61.1 Å². The smallest absolute Gasteiger partial charge is 0.0657 e. The maximum Gasteiger partial charge on any atom is 0.0657 e. The normalized spacial score (nSPS) is 15.6. The molecule has 1 unspecified atom stereocenters. The van der Waals surface area contributed by atoms with E-state index in [1.807, 2.05) is 11.3 Å². The third kappa shape index (κ3) is 2.56. The first-order chi connectivity index (χ1) is 9.06. The topological polar surface area (TPSA) is 26.0 Å². The number of rotatable bonds is 2. The molecule has 1 aromatic carbocycles. The third-order valence-corrected chi connectivity index (χ3v) is 6.55. The van der Waals surface area contributed by atoms with Crippen LogP contribution in [-0.2, 0) is 12.8 Å². The molecule has 0 aliphatic heterocycles. The predicted molar refractivity (Wildman–Crippen MR) is 89.0 cm³/mol. The van der Waals surface area contributed by atoms with Gasteiger partial charge in [-0.1, -0.05) is 31.9 Å². The van der Waals surface area contributed by atoms with Crippen molar-refractivity contribution < 1.29 is 0 Å². The highest BCUT2D eigenvalue weighted by molar-refractivity contribution is 9.11. The number of aryl methyl sites for hydroxylation is 3. The highest BCUT2D eigenvalue weighted by Gasteiger charge is 2.20. The van der Waals surface area contributed by atoms with E-state index in [-0.39, 0.29) is 6.04 Å². The second-order valence-corrected chi connectivity index (χ2v) is 7.93. The highest BCUT2D eigenvalue weighted by Crippen LogP contribution is 2.38. The van der Waals surface area contributed by atoms with Gasteiger partial charge < -0.3 is 5.73 Å². The first-order valence-electron chi connectivity index (χ1n) is 6.39. The number of fused-ring (bicyclic) bond motifs is 1. The molecule has 1 aliphatic carbocycles. The predicted octanol–water partition coefficient (Wildman–Crippen LogP) is 5.12. The largest absolute Gasteiger partial charge is 0.320 e. The van der Waals surface area contributed by atoms with Crippen LogP contribution in [0.15, 0.2) is 27.1 Å². The summed E-state index contributed by atoms with van der Waals surface area (Å²) in [5.74, 6) is 0. The Kier molecular flexibility index (Phi) is 3.87. The number of hydrogen-bond donors (Lipinski definition) is 1. The Labute approximate surface area is 134 Å². The van der Waals surface area contributed by atoms with Crippen LogP contribution in [0.25, 0.3) is 0 Å². The lowest BCUT2D eigenvalue weighted by Gasteiger charge is -2.14. The molecule has 1 heterocycles. The molecule has 1 aliphatic rings. The molecule has 0 saturated carbocycles. The first-order valence-corrected chi connectivity index (χ1v) is 8.79. The molecule has 2 N–H and O–H groups in total. The summed E-state index contributed by atoms with van der Waals surface area (Å²) in [7, 11) is 0. The quantitative estimate of drug-likeness (QED) is 0.743. The Hall–Kier alpha value is -0.160. The van der Waals surface area contributed by atoms with Gasteiger partial charge in [0.1, 0.15) is 0 Å². The summed E-state index contributed by atoms with van der Waals surface area (Å²) in [5, 5.41) is 0. The molecule has 100 valence electrons. The van der Waals surface area contributed by atoms with Crippen molar-refractivity contribution in [3.8, 4) is 0 Å². The summed E-state index contributed by atoms with van der Waals surface area (Å²) < 4.78 is 2.21. The van der Waals surface area contributed by atoms with Crippen LogP contribution >= 0.6 is 43.2 Å². The van der Waals surface area contributed by atoms with Crippen molar-refractivity contribution in [3.63, 3.8) is 0 Å². The minimum Gasteiger partial charge on any atom is -0.320 e. The number of nitrogens with two attached hydrogens (primary N) is 1. The summed E-state index contributed by atoms with van der Waals surface area (Å²) in [5.41, 5.74) is 10.3. The van der Waals surface area contributed by atoms with Crippen LogP contribution in [0.4, 0.5) is 0 Å². The van der Waals surface area contributed by atoms with Gasteiger partial charge in [0.25, 0.3) is 0 Å². The van der Waals surface area contributed by atoms with E-state index < -0.39 is 0 Å². The van der Waals surface area contributed by atoms with Crippen LogP contribution in [-0.4, -0.2) is 0 Å². The lowest BCUT2D eigenvalue weighted by molar-refractivity contribution is 0.875. The minimum atomic E-state index is -0.0399. The molecule has 0 spiro atoms. The van der Waals surface area contributed by atoms with Crippen LogP contribution in [0.5, 0.6) is 0 Å². The van der Waals surface area contributed by atoms with Gasteiger partial charge in [0, 0.05) is 18.7 Å².